The molecule has 0 bridgehead atoms. The fourth-order valence-corrected chi connectivity index (χ4v) is 2.77. The molecule has 1 aliphatic rings. The molecule has 0 saturated heterocycles. The van der Waals surface area contributed by atoms with Crippen molar-refractivity contribution in [3.05, 3.63) is 10.5 Å². The van der Waals surface area contributed by atoms with Crippen molar-refractivity contribution in [2.75, 3.05) is 5.75 Å². The summed E-state index contributed by atoms with van der Waals surface area (Å²) in [5.41, 5.74) is -5.99. The Morgan fingerprint density at radius 3 is 2.35 bits per heavy atom. The molecule has 1 heterocycles. The van der Waals surface area contributed by atoms with Crippen LogP contribution < -0.4 is 5.69 Å². The van der Waals surface area contributed by atoms with Crippen LogP contribution in [0.1, 0.15) is 31.7 Å². The molecular weight excluding hydrogens is 301 g/mol. The van der Waals surface area contributed by atoms with Crippen LogP contribution in [-0.2, 0) is 16.4 Å². The van der Waals surface area contributed by atoms with E-state index < -0.39 is 33.3 Å². The van der Waals surface area contributed by atoms with E-state index in [1.807, 2.05) is 0 Å². The van der Waals surface area contributed by atoms with E-state index in [9.17, 15) is 26.4 Å². The number of sulfone groups is 1. The summed E-state index contributed by atoms with van der Waals surface area (Å²) >= 11 is 0. The quantitative estimate of drug-likeness (QED) is 0.807. The molecule has 1 aliphatic carbocycles. The van der Waals surface area contributed by atoms with E-state index in [4.69, 9.17) is 0 Å². The smallest absolute Gasteiger partial charge is 0.244 e. The summed E-state index contributed by atoms with van der Waals surface area (Å²) in [4.78, 5) is 11.8. The van der Waals surface area contributed by atoms with Crippen molar-refractivity contribution in [3.63, 3.8) is 0 Å². The van der Waals surface area contributed by atoms with Gasteiger partial charge in [0.25, 0.3) is 0 Å². The van der Waals surface area contributed by atoms with Gasteiger partial charge >= 0.3 is 11.2 Å². The lowest BCUT2D eigenvalue weighted by molar-refractivity contribution is -0.0436. The van der Waals surface area contributed by atoms with Crippen molar-refractivity contribution in [2.24, 2.45) is 0 Å². The number of hydrogen-bond donors (Lipinski definition) is 0. The summed E-state index contributed by atoms with van der Waals surface area (Å²) in [5.74, 6) is -1.22. The predicted octanol–water partition coefficient (Wildman–Crippen LogP) is 0.489. The summed E-state index contributed by atoms with van der Waals surface area (Å²) in [6.07, 6.45) is 3.43. The fourth-order valence-electron chi connectivity index (χ4n) is 2.13. The number of aromatic nitrogens is 4. The number of alkyl halides is 3. The molecule has 2 rings (SSSR count). The number of aryl methyl sites for hydroxylation is 1. The molecule has 0 spiro atoms. The molecule has 1 fully saturated rings. The predicted molar refractivity (Wildman–Crippen MR) is 61.6 cm³/mol. The van der Waals surface area contributed by atoms with Gasteiger partial charge in [-0.05, 0) is 23.3 Å². The lowest BCUT2D eigenvalue weighted by atomic mass is 10.3. The Balaban J connectivity index is 2.10. The molecular formula is C9H13F3N4O3S. The number of hydrogen-bond acceptors (Lipinski definition) is 5. The summed E-state index contributed by atoms with van der Waals surface area (Å²) in [6, 6.07) is -0.101. The van der Waals surface area contributed by atoms with E-state index in [0.29, 0.717) is 4.68 Å². The monoisotopic (exact) mass is 314 g/mol. The van der Waals surface area contributed by atoms with Crippen LogP contribution in [0.2, 0.25) is 0 Å². The highest BCUT2D eigenvalue weighted by atomic mass is 32.2. The third-order valence-corrected chi connectivity index (χ3v) is 4.68. The van der Waals surface area contributed by atoms with Crippen molar-refractivity contribution in [1.29, 1.82) is 0 Å². The maximum atomic E-state index is 12.2. The largest absolute Gasteiger partial charge is 0.497 e. The van der Waals surface area contributed by atoms with Gasteiger partial charge in [-0.2, -0.15) is 22.5 Å². The molecule has 0 aromatic carbocycles. The van der Waals surface area contributed by atoms with E-state index in [1.54, 1.807) is 0 Å². The first-order valence-electron chi connectivity index (χ1n) is 6.04. The molecule has 20 heavy (non-hydrogen) atoms. The average molecular weight is 314 g/mol. The molecule has 1 aromatic rings. The van der Waals surface area contributed by atoms with Crippen LogP contribution in [0.3, 0.4) is 0 Å². The third kappa shape index (κ3) is 2.86. The molecule has 0 N–H and O–H groups in total. The Morgan fingerprint density at radius 2 is 1.80 bits per heavy atom. The SMILES string of the molecule is O=c1n(CCS(=O)(=O)C(F)(F)F)nnn1C1CCCC1. The van der Waals surface area contributed by atoms with Gasteiger partial charge in [-0.25, -0.2) is 13.2 Å². The first kappa shape index (κ1) is 15.0. The lowest BCUT2D eigenvalue weighted by Crippen LogP contribution is -2.33. The molecule has 0 atom stereocenters. The van der Waals surface area contributed by atoms with Crippen LogP contribution in [0.15, 0.2) is 4.79 Å². The van der Waals surface area contributed by atoms with Gasteiger partial charge in [-0.15, -0.1) is 0 Å². The first-order chi connectivity index (χ1) is 9.22. The molecule has 0 unspecified atom stereocenters. The number of nitrogens with zero attached hydrogens (tertiary/aromatic N) is 4. The third-order valence-electron chi connectivity index (χ3n) is 3.26. The standard InChI is InChI=1S/C9H13F3N4O3S/c10-9(11,12)20(18,19)6-5-15-8(17)16(14-13-15)7-3-1-2-4-7/h7H,1-6H2. The summed E-state index contributed by atoms with van der Waals surface area (Å²) in [6.45, 7) is -0.659. The Labute approximate surface area is 112 Å². The maximum absolute atomic E-state index is 12.2. The van der Waals surface area contributed by atoms with Gasteiger partial charge in [0.15, 0.2) is 0 Å². The zero-order valence-electron chi connectivity index (χ0n) is 10.4. The van der Waals surface area contributed by atoms with Crippen molar-refractivity contribution in [2.45, 2.75) is 43.8 Å². The summed E-state index contributed by atoms with van der Waals surface area (Å²) in [5, 5.41) is 7.03. The van der Waals surface area contributed by atoms with Gasteiger partial charge in [0.2, 0.25) is 9.84 Å². The number of halogens is 3. The molecule has 1 aromatic heterocycles. The Kier molecular flexibility index (Phi) is 3.89. The summed E-state index contributed by atoms with van der Waals surface area (Å²) in [7, 11) is -5.26. The highest BCUT2D eigenvalue weighted by molar-refractivity contribution is 7.92. The molecule has 1 saturated carbocycles. The maximum Gasteiger partial charge on any atom is 0.497 e. The topological polar surface area (TPSA) is 86.8 Å². The molecule has 114 valence electrons. The van der Waals surface area contributed by atoms with Crippen LogP contribution in [0.25, 0.3) is 0 Å². The minimum absolute atomic E-state index is 0.101. The minimum Gasteiger partial charge on any atom is -0.244 e. The average Bonchev–Trinajstić information content (AvgIpc) is 2.94. The lowest BCUT2D eigenvalue weighted by Gasteiger charge is -2.07. The molecule has 7 nitrogen and oxygen atoms in total. The molecule has 0 amide bonds. The first-order valence-corrected chi connectivity index (χ1v) is 7.69. The highest BCUT2D eigenvalue weighted by Gasteiger charge is 2.45. The second-order valence-corrected chi connectivity index (χ2v) is 6.73. The normalized spacial score (nSPS) is 17.8. The van der Waals surface area contributed by atoms with E-state index in [0.717, 1.165) is 30.4 Å². The van der Waals surface area contributed by atoms with Crippen LogP contribution >= 0.6 is 0 Å². The minimum atomic E-state index is -5.32. The van der Waals surface area contributed by atoms with Gasteiger partial charge < -0.3 is 0 Å². The number of tetrazole rings is 1. The Hall–Kier alpha value is -1.39. The van der Waals surface area contributed by atoms with E-state index in [1.165, 1.54) is 0 Å². The Morgan fingerprint density at radius 1 is 1.20 bits per heavy atom. The van der Waals surface area contributed by atoms with Crippen molar-refractivity contribution < 1.29 is 21.6 Å². The van der Waals surface area contributed by atoms with Gasteiger partial charge in [-0.3, -0.25) is 0 Å². The molecule has 0 radical (unpaired) electrons. The van der Waals surface area contributed by atoms with Crippen molar-refractivity contribution >= 4 is 9.84 Å². The zero-order valence-corrected chi connectivity index (χ0v) is 11.2. The van der Waals surface area contributed by atoms with Crippen molar-refractivity contribution in [3.8, 4) is 0 Å². The second kappa shape index (κ2) is 5.19. The van der Waals surface area contributed by atoms with Crippen LogP contribution in [0, 0.1) is 0 Å². The van der Waals surface area contributed by atoms with E-state index >= 15 is 0 Å². The fraction of sp³-hybridized carbons (Fsp3) is 0.889. The van der Waals surface area contributed by atoms with Crippen LogP contribution in [-0.4, -0.2) is 39.5 Å². The van der Waals surface area contributed by atoms with E-state index in [2.05, 4.69) is 10.4 Å². The Bertz CT molecular complexity index is 628. The number of rotatable bonds is 4. The van der Waals surface area contributed by atoms with Crippen LogP contribution in [0.5, 0.6) is 0 Å². The van der Waals surface area contributed by atoms with Gasteiger partial charge in [0, 0.05) is 0 Å². The highest BCUT2D eigenvalue weighted by Crippen LogP contribution is 2.27. The van der Waals surface area contributed by atoms with Gasteiger partial charge in [-0.1, -0.05) is 12.8 Å². The van der Waals surface area contributed by atoms with E-state index in [-0.39, 0.29) is 6.04 Å². The second-order valence-electron chi connectivity index (χ2n) is 4.63. The van der Waals surface area contributed by atoms with Crippen LogP contribution in [0.4, 0.5) is 13.2 Å². The molecule has 11 heteroatoms. The van der Waals surface area contributed by atoms with Gasteiger partial charge in [0.05, 0.1) is 18.3 Å². The molecule has 0 aliphatic heterocycles. The zero-order chi connectivity index (χ0) is 15.0. The summed E-state index contributed by atoms with van der Waals surface area (Å²) < 4.78 is 60.1. The van der Waals surface area contributed by atoms with Crippen molar-refractivity contribution in [1.82, 2.24) is 19.8 Å². The van der Waals surface area contributed by atoms with Gasteiger partial charge in [0.1, 0.15) is 0 Å².